The number of nitrogens with one attached hydrogen (secondary N) is 1. The summed E-state index contributed by atoms with van der Waals surface area (Å²) in [5.74, 6) is 2.77. The Morgan fingerprint density at radius 3 is 2.59 bits per heavy atom. The monoisotopic (exact) mass is 329 g/mol. The fraction of sp³-hybridized carbons (Fsp3) is 0.938. The number of hydrogen-bond donors (Lipinski definition) is 2. The van der Waals surface area contributed by atoms with Gasteiger partial charge in [0, 0.05) is 32.4 Å². The highest BCUT2D eigenvalue weighted by Gasteiger charge is 2.32. The summed E-state index contributed by atoms with van der Waals surface area (Å²) in [6, 6.07) is 0. The maximum Gasteiger partial charge on any atom is 0.193 e. The van der Waals surface area contributed by atoms with Crippen molar-refractivity contribution in [2.45, 2.75) is 57.3 Å². The van der Waals surface area contributed by atoms with Crippen molar-refractivity contribution in [2.75, 3.05) is 38.2 Å². The number of ether oxygens (including phenoxy) is 1. The normalized spacial score (nSPS) is 28.2. The number of thioether (sulfide) groups is 1. The van der Waals surface area contributed by atoms with Crippen molar-refractivity contribution < 1.29 is 9.84 Å². The molecule has 2 N–H and O–H groups in total. The molecule has 0 bridgehead atoms. The molecule has 0 aliphatic carbocycles. The third-order valence-corrected chi connectivity index (χ3v) is 5.37. The van der Waals surface area contributed by atoms with Gasteiger partial charge in [-0.2, -0.15) is 11.8 Å². The minimum absolute atomic E-state index is 0.0732. The largest absolute Gasteiger partial charge is 0.387 e. The first-order valence-corrected chi connectivity index (χ1v) is 9.40. The molecule has 0 amide bonds. The van der Waals surface area contributed by atoms with E-state index in [1.807, 2.05) is 18.8 Å². The van der Waals surface area contributed by atoms with Gasteiger partial charge in [0.05, 0.1) is 17.3 Å². The van der Waals surface area contributed by atoms with E-state index < -0.39 is 5.60 Å². The Labute approximate surface area is 138 Å². The van der Waals surface area contributed by atoms with Crippen LogP contribution in [0.4, 0.5) is 0 Å². The highest BCUT2D eigenvalue weighted by Crippen LogP contribution is 2.27. The highest BCUT2D eigenvalue weighted by molar-refractivity contribution is 7.99. The van der Waals surface area contributed by atoms with Crippen LogP contribution in [0.5, 0.6) is 0 Å². The molecule has 6 heteroatoms. The molecule has 0 saturated carbocycles. The lowest BCUT2D eigenvalue weighted by atomic mass is 10.0. The van der Waals surface area contributed by atoms with Crippen LogP contribution in [-0.2, 0) is 4.74 Å². The van der Waals surface area contributed by atoms with Gasteiger partial charge < -0.3 is 20.1 Å². The van der Waals surface area contributed by atoms with Gasteiger partial charge in [-0.3, -0.25) is 4.99 Å². The van der Waals surface area contributed by atoms with Crippen LogP contribution in [-0.4, -0.2) is 71.5 Å². The summed E-state index contributed by atoms with van der Waals surface area (Å²) in [4.78, 5) is 6.65. The second kappa shape index (κ2) is 7.41. The predicted molar refractivity (Wildman–Crippen MR) is 93.7 cm³/mol. The summed E-state index contributed by atoms with van der Waals surface area (Å²) in [5, 5.41) is 13.8. The van der Waals surface area contributed by atoms with E-state index in [2.05, 4.69) is 36.0 Å². The minimum Gasteiger partial charge on any atom is -0.387 e. The highest BCUT2D eigenvalue weighted by atomic mass is 32.2. The van der Waals surface area contributed by atoms with Crippen molar-refractivity contribution in [1.29, 1.82) is 0 Å². The summed E-state index contributed by atoms with van der Waals surface area (Å²) in [6.07, 6.45) is 3.25. The zero-order valence-electron chi connectivity index (χ0n) is 14.4. The molecule has 5 nitrogen and oxygen atoms in total. The van der Waals surface area contributed by atoms with Crippen LogP contribution in [0.25, 0.3) is 0 Å². The molecule has 1 unspecified atom stereocenters. The van der Waals surface area contributed by atoms with E-state index in [0.717, 1.165) is 49.8 Å². The Hall–Kier alpha value is -0.460. The molecule has 2 rings (SSSR count). The number of hydrogen-bond acceptors (Lipinski definition) is 4. The third kappa shape index (κ3) is 5.32. The van der Waals surface area contributed by atoms with E-state index in [4.69, 9.17) is 4.74 Å². The molecule has 1 atom stereocenters. The van der Waals surface area contributed by atoms with Crippen LogP contribution in [0.15, 0.2) is 4.99 Å². The van der Waals surface area contributed by atoms with Crippen LogP contribution in [0, 0.1) is 0 Å². The van der Waals surface area contributed by atoms with E-state index in [0.29, 0.717) is 12.6 Å². The molecular weight excluding hydrogens is 298 g/mol. The first-order valence-electron chi connectivity index (χ1n) is 8.25. The minimum atomic E-state index is -0.575. The second-order valence-corrected chi connectivity index (χ2v) is 8.45. The molecule has 2 aliphatic heterocycles. The second-order valence-electron chi connectivity index (χ2n) is 7.34. The van der Waals surface area contributed by atoms with E-state index >= 15 is 0 Å². The summed E-state index contributed by atoms with van der Waals surface area (Å²) in [5.41, 5.74) is -0.648. The molecule has 2 fully saturated rings. The van der Waals surface area contributed by atoms with Gasteiger partial charge in [0.25, 0.3) is 0 Å². The van der Waals surface area contributed by atoms with Gasteiger partial charge in [-0.25, -0.2) is 0 Å². The van der Waals surface area contributed by atoms with Crippen LogP contribution in [0.3, 0.4) is 0 Å². The van der Waals surface area contributed by atoms with Crippen LogP contribution < -0.4 is 5.32 Å². The maximum absolute atomic E-state index is 10.4. The van der Waals surface area contributed by atoms with Crippen molar-refractivity contribution in [3.8, 4) is 0 Å². The molecule has 2 heterocycles. The van der Waals surface area contributed by atoms with E-state index in [1.54, 1.807) is 0 Å². The standard InChI is InChI=1S/C16H31N3O2S/c1-15(2,3)21-13-5-8-19(9-6-13)14(17-4)18-11-16(20)7-10-22-12-16/h13,20H,5-12H2,1-4H3,(H,17,18). The summed E-state index contributed by atoms with van der Waals surface area (Å²) >= 11 is 1.82. The van der Waals surface area contributed by atoms with E-state index in [9.17, 15) is 5.11 Å². The topological polar surface area (TPSA) is 57.1 Å². The lowest BCUT2D eigenvalue weighted by Crippen LogP contribution is -2.51. The van der Waals surface area contributed by atoms with Gasteiger partial charge >= 0.3 is 0 Å². The number of piperidine rings is 1. The number of guanidine groups is 1. The first kappa shape index (κ1) is 17.9. The predicted octanol–water partition coefficient (Wildman–Crippen LogP) is 1.71. The van der Waals surface area contributed by atoms with Crippen molar-refractivity contribution in [3.05, 3.63) is 0 Å². The van der Waals surface area contributed by atoms with Crippen LogP contribution in [0.1, 0.15) is 40.0 Å². The zero-order valence-corrected chi connectivity index (χ0v) is 15.2. The Morgan fingerprint density at radius 2 is 2.09 bits per heavy atom. The molecule has 0 radical (unpaired) electrons. The Morgan fingerprint density at radius 1 is 1.41 bits per heavy atom. The van der Waals surface area contributed by atoms with Crippen LogP contribution >= 0.6 is 11.8 Å². The Balaban J connectivity index is 1.78. The number of aliphatic hydroxyl groups is 1. The van der Waals surface area contributed by atoms with Gasteiger partial charge in [0.15, 0.2) is 5.96 Å². The molecule has 22 heavy (non-hydrogen) atoms. The van der Waals surface area contributed by atoms with Crippen LogP contribution in [0.2, 0.25) is 0 Å². The molecule has 2 aliphatic rings. The van der Waals surface area contributed by atoms with Gasteiger partial charge in [-0.15, -0.1) is 0 Å². The molecule has 0 aromatic rings. The molecular formula is C16H31N3O2S. The van der Waals surface area contributed by atoms with Crippen molar-refractivity contribution >= 4 is 17.7 Å². The molecule has 0 aromatic carbocycles. The number of nitrogens with zero attached hydrogens (tertiary/aromatic N) is 2. The molecule has 0 spiro atoms. The SMILES string of the molecule is CN=C(NCC1(O)CCSC1)N1CCC(OC(C)(C)C)CC1. The summed E-state index contributed by atoms with van der Waals surface area (Å²) < 4.78 is 6.07. The fourth-order valence-corrected chi connectivity index (χ4v) is 4.29. The van der Waals surface area contributed by atoms with Crippen molar-refractivity contribution in [1.82, 2.24) is 10.2 Å². The van der Waals surface area contributed by atoms with Crippen molar-refractivity contribution in [3.63, 3.8) is 0 Å². The summed E-state index contributed by atoms with van der Waals surface area (Å²) in [7, 11) is 1.81. The lowest BCUT2D eigenvalue weighted by Gasteiger charge is -2.37. The summed E-state index contributed by atoms with van der Waals surface area (Å²) in [6.45, 7) is 8.83. The maximum atomic E-state index is 10.4. The van der Waals surface area contributed by atoms with Gasteiger partial charge in [0.2, 0.25) is 0 Å². The smallest absolute Gasteiger partial charge is 0.193 e. The third-order valence-electron chi connectivity index (χ3n) is 4.13. The lowest BCUT2D eigenvalue weighted by molar-refractivity contribution is -0.0773. The average Bonchev–Trinajstić information content (AvgIpc) is 2.87. The number of aliphatic imine (C=N–C) groups is 1. The number of likely N-dealkylation sites (tertiary alicyclic amines) is 1. The van der Waals surface area contributed by atoms with Gasteiger partial charge in [-0.05, 0) is 45.8 Å². The quantitative estimate of drug-likeness (QED) is 0.610. The Kier molecular flexibility index (Phi) is 6.02. The van der Waals surface area contributed by atoms with Crippen molar-refractivity contribution in [2.24, 2.45) is 4.99 Å². The first-order chi connectivity index (χ1) is 10.3. The Bertz CT molecular complexity index is 381. The van der Waals surface area contributed by atoms with E-state index in [1.165, 1.54) is 0 Å². The fourth-order valence-electron chi connectivity index (χ4n) is 3.00. The average molecular weight is 330 g/mol. The molecule has 0 aromatic heterocycles. The van der Waals surface area contributed by atoms with Gasteiger partial charge in [-0.1, -0.05) is 0 Å². The number of rotatable bonds is 3. The molecule has 128 valence electrons. The van der Waals surface area contributed by atoms with E-state index in [-0.39, 0.29) is 5.60 Å². The molecule has 2 saturated heterocycles. The zero-order chi connectivity index (χ0) is 16.2. The van der Waals surface area contributed by atoms with Gasteiger partial charge in [0.1, 0.15) is 0 Å².